The van der Waals surface area contributed by atoms with Crippen molar-refractivity contribution in [3.05, 3.63) is 104 Å². The van der Waals surface area contributed by atoms with E-state index < -0.39 is 17.7 Å². The minimum atomic E-state index is -1.91. The molecule has 9 rings (SSSR count). The number of piperidine rings is 1. The molecule has 0 bridgehead atoms. The first kappa shape index (κ1) is 39.7. The molecule has 4 N–H and O–H groups in total. The summed E-state index contributed by atoms with van der Waals surface area (Å²) in [5, 5.41) is 51.7. The Bertz CT molecular complexity index is 2820. The smallest absolute Gasteiger partial charge is 0.415 e. The van der Waals surface area contributed by atoms with Gasteiger partial charge in [-0.3, -0.25) is 4.79 Å². The molecule has 3 aliphatic rings. The average molecular weight is 827 g/mol. The number of phenolic OH excluding ortho intramolecular Hbond substituents is 2. The van der Waals surface area contributed by atoms with Crippen LogP contribution in [0.3, 0.4) is 0 Å². The van der Waals surface area contributed by atoms with Crippen molar-refractivity contribution in [3.63, 3.8) is 0 Å². The molecule has 0 aliphatic carbocycles. The van der Waals surface area contributed by atoms with Gasteiger partial charge in [0, 0.05) is 35.7 Å². The predicted octanol–water partition coefficient (Wildman–Crippen LogP) is 6.58. The van der Waals surface area contributed by atoms with Crippen LogP contribution in [0.4, 0.5) is 4.79 Å². The molecule has 15 nitrogen and oxygen atoms in total. The number of hydrogen-bond acceptors (Lipinski definition) is 12. The Morgan fingerprint density at radius 3 is 2.41 bits per heavy atom. The summed E-state index contributed by atoms with van der Waals surface area (Å²) in [6.07, 6.45) is 2.65. The minimum absolute atomic E-state index is 0.0124. The molecule has 0 saturated carbocycles. The highest BCUT2D eigenvalue weighted by Gasteiger charge is 2.45. The van der Waals surface area contributed by atoms with Crippen molar-refractivity contribution in [2.75, 3.05) is 13.1 Å². The van der Waals surface area contributed by atoms with Crippen LogP contribution in [0.1, 0.15) is 86.3 Å². The highest BCUT2D eigenvalue weighted by atomic mass is 16.6. The number of rotatable bonds is 8. The number of pyridine rings is 2. The fraction of sp³-hybridized carbons (Fsp3) is 0.348. The maximum Gasteiger partial charge on any atom is 0.415 e. The minimum Gasteiger partial charge on any atom is -0.508 e. The molecule has 314 valence electrons. The van der Waals surface area contributed by atoms with Gasteiger partial charge < -0.3 is 39.4 Å². The number of hydrogen-bond donors (Lipinski definition) is 4. The molecule has 3 aromatic carbocycles. The Morgan fingerprint density at radius 1 is 0.951 bits per heavy atom. The third-order valence-electron chi connectivity index (χ3n) is 12.6. The summed E-state index contributed by atoms with van der Waals surface area (Å²) in [4.78, 5) is 46.4. The molecule has 1 amide bonds. The zero-order valence-corrected chi connectivity index (χ0v) is 34.3. The highest BCUT2D eigenvalue weighted by molar-refractivity contribution is 5.90. The van der Waals surface area contributed by atoms with E-state index in [1.807, 2.05) is 51.1 Å². The van der Waals surface area contributed by atoms with E-state index in [2.05, 4.69) is 10.2 Å². The van der Waals surface area contributed by atoms with Crippen LogP contribution >= 0.6 is 0 Å². The van der Waals surface area contributed by atoms with E-state index in [9.17, 15) is 34.8 Å². The number of carbonyl (C=O) groups is 2. The molecule has 61 heavy (non-hydrogen) atoms. The third-order valence-corrected chi connectivity index (χ3v) is 12.6. The molecule has 0 radical (unpaired) electrons. The maximum atomic E-state index is 13.7. The van der Waals surface area contributed by atoms with Crippen molar-refractivity contribution >= 4 is 23.0 Å². The van der Waals surface area contributed by atoms with Gasteiger partial charge in [-0.2, -0.15) is 0 Å². The highest BCUT2D eigenvalue weighted by Crippen LogP contribution is 2.42. The van der Waals surface area contributed by atoms with Gasteiger partial charge in [0.1, 0.15) is 23.9 Å². The number of likely N-dealkylation sites (tertiary alicyclic amines) is 1. The van der Waals surface area contributed by atoms with Crippen LogP contribution < -0.4 is 10.3 Å². The lowest BCUT2D eigenvalue weighted by molar-refractivity contribution is -0.172. The maximum absolute atomic E-state index is 13.7. The number of aromatic nitrogens is 5. The zero-order valence-electron chi connectivity index (χ0n) is 34.3. The van der Waals surface area contributed by atoms with Gasteiger partial charge >= 0.3 is 18.1 Å². The number of esters is 1. The summed E-state index contributed by atoms with van der Waals surface area (Å²) in [6, 6.07) is 17.4. The lowest BCUT2D eigenvalue weighted by atomic mass is 9.86. The first-order valence-corrected chi connectivity index (χ1v) is 20.7. The molecular weight excluding hydrogens is 781 g/mol. The number of fused-ring (bicyclic) bond motifs is 5. The van der Waals surface area contributed by atoms with Gasteiger partial charge in [0.05, 0.1) is 40.3 Å². The Morgan fingerprint density at radius 2 is 1.70 bits per heavy atom. The number of benzene rings is 3. The second kappa shape index (κ2) is 15.1. The van der Waals surface area contributed by atoms with E-state index in [-0.39, 0.29) is 65.5 Å². The number of carbonyl (C=O) groups excluding carboxylic acids is 2. The van der Waals surface area contributed by atoms with Crippen LogP contribution in [0.25, 0.3) is 39.4 Å². The van der Waals surface area contributed by atoms with E-state index >= 15 is 0 Å². The standard InChI is InChI=1S/C46H46N6O9/c1-5-29-31-18-28(11-12-36(31)47-40-33(29)22-51-37(40)20-35-34(42(51)55)23-60-43(56)46(35,59)6-2)61-45(58)50-15-13-26(14-16-50)17-25-7-9-27(10-8-25)52-41(48-49-44(52)57)32-19-30(24(3)4)38(53)21-39(32)54/h7-12,18-21,24,26,53-54,59H,5-6,13-17,22-23H2,1-4H3,(H,49,57)/t46-/m0/s1. The number of phenols is 2. The lowest BCUT2D eigenvalue weighted by Gasteiger charge is -2.31. The molecular formula is C46H46N6O9. The summed E-state index contributed by atoms with van der Waals surface area (Å²) in [7, 11) is 0. The Hall–Kier alpha value is -6.74. The zero-order chi connectivity index (χ0) is 42.9. The molecule has 0 unspecified atom stereocenters. The molecule has 6 heterocycles. The first-order valence-electron chi connectivity index (χ1n) is 20.7. The van der Waals surface area contributed by atoms with E-state index in [1.165, 1.54) is 10.6 Å². The second-order valence-corrected chi connectivity index (χ2v) is 16.5. The summed E-state index contributed by atoms with van der Waals surface area (Å²) < 4.78 is 14.2. The fourth-order valence-corrected chi connectivity index (χ4v) is 9.13. The number of cyclic esters (lactones) is 1. The van der Waals surface area contributed by atoms with Gasteiger partial charge in [0.15, 0.2) is 11.4 Å². The molecule has 1 atom stereocenters. The lowest BCUT2D eigenvalue weighted by Crippen LogP contribution is -2.44. The van der Waals surface area contributed by atoms with Crippen molar-refractivity contribution in [2.24, 2.45) is 5.92 Å². The van der Waals surface area contributed by atoms with E-state index in [0.29, 0.717) is 64.9 Å². The summed E-state index contributed by atoms with van der Waals surface area (Å²) in [6.45, 7) is 8.72. The van der Waals surface area contributed by atoms with Crippen molar-refractivity contribution < 1.29 is 39.5 Å². The van der Waals surface area contributed by atoms with Gasteiger partial charge in [0.2, 0.25) is 0 Å². The van der Waals surface area contributed by atoms with Crippen LogP contribution in [0.2, 0.25) is 0 Å². The topological polar surface area (TPSA) is 202 Å². The normalized spacial score (nSPS) is 17.3. The number of aryl methyl sites for hydroxylation is 1. The Kier molecular flexibility index (Phi) is 9.81. The molecule has 3 aromatic heterocycles. The van der Waals surface area contributed by atoms with Crippen LogP contribution in [-0.2, 0) is 41.1 Å². The average Bonchev–Trinajstić information content (AvgIpc) is 3.82. The largest absolute Gasteiger partial charge is 0.508 e. The van der Waals surface area contributed by atoms with Crippen LogP contribution in [-0.4, -0.2) is 74.8 Å². The van der Waals surface area contributed by atoms with Gasteiger partial charge in [-0.05, 0) is 103 Å². The summed E-state index contributed by atoms with van der Waals surface area (Å²) >= 11 is 0. The predicted molar refractivity (Wildman–Crippen MR) is 224 cm³/mol. The van der Waals surface area contributed by atoms with Crippen LogP contribution in [0.15, 0.2) is 65.5 Å². The van der Waals surface area contributed by atoms with Gasteiger partial charge in [-0.15, -0.1) is 5.10 Å². The molecule has 3 aliphatic heterocycles. The Balaban J connectivity index is 0.866. The van der Waals surface area contributed by atoms with Crippen molar-refractivity contribution in [1.82, 2.24) is 29.2 Å². The second-order valence-electron chi connectivity index (χ2n) is 16.5. The number of aliphatic hydroxyl groups is 1. The molecule has 6 aromatic rings. The fourth-order valence-electron chi connectivity index (χ4n) is 9.13. The monoisotopic (exact) mass is 826 g/mol. The summed E-state index contributed by atoms with van der Waals surface area (Å²) in [5.41, 5.74) is 4.67. The van der Waals surface area contributed by atoms with Gasteiger partial charge in [-0.25, -0.2) is 19.1 Å². The number of nitrogens with zero attached hydrogens (tertiary/aromatic N) is 6. The number of amides is 1. The molecule has 0 spiro atoms. The number of ether oxygens (including phenoxy) is 2. The third kappa shape index (κ3) is 6.63. The SMILES string of the molecule is CCc1c2c(nc3ccc(OC(=O)N4CCC(Cc5ccc(-n6c(O)nnc6-c6cc(C(C)C)c(O)cc6O)cc5)CC4)cc13)-c1cc3c(c(=O)n1C2)COC(=O)[C@]3(O)CC. The van der Waals surface area contributed by atoms with Crippen LogP contribution in [0, 0.1) is 5.92 Å². The van der Waals surface area contributed by atoms with E-state index in [4.69, 9.17) is 14.5 Å². The molecule has 15 heteroatoms. The quantitative estimate of drug-likeness (QED) is 0.120. The summed E-state index contributed by atoms with van der Waals surface area (Å²) in [5.74, 6) is -0.00407. The first-order chi connectivity index (χ1) is 29.3. The number of aromatic hydroxyl groups is 3. The van der Waals surface area contributed by atoms with E-state index in [1.54, 1.807) is 40.7 Å². The molecule has 1 fully saturated rings. The van der Waals surface area contributed by atoms with Crippen molar-refractivity contribution in [3.8, 4) is 51.7 Å². The molecule has 1 saturated heterocycles. The van der Waals surface area contributed by atoms with E-state index in [0.717, 1.165) is 41.3 Å². The Labute approximate surface area is 350 Å². The van der Waals surface area contributed by atoms with Crippen molar-refractivity contribution in [2.45, 2.75) is 84.5 Å². The van der Waals surface area contributed by atoms with Crippen LogP contribution in [0.5, 0.6) is 23.3 Å². The van der Waals surface area contributed by atoms with Gasteiger partial charge in [0.25, 0.3) is 5.56 Å². The van der Waals surface area contributed by atoms with Gasteiger partial charge in [-0.1, -0.05) is 44.9 Å². The van der Waals surface area contributed by atoms with Crippen molar-refractivity contribution in [1.29, 1.82) is 0 Å².